The maximum absolute atomic E-state index is 11.0. The van der Waals surface area contributed by atoms with Crippen molar-refractivity contribution >= 4 is 22.0 Å². The number of benzene rings is 1. The van der Waals surface area contributed by atoms with Crippen molar-refractivity contribution < 1.29 is 9.90 Å². The quantitative estimate of drug-likeness (QED) is 0.850. The molecule has 0 aromatic heterocycles. The molecule has 4 heteroatoms. The molecule has 2 rings (SSSR count). The molecule has 1 amide bonds. The Morgan fingerprint density at radius 1 is 1.53 bits per heavy atom. The normalized spacial score (nSPS) is 20.6. The van der Waals surface area contributed by atoms with Gasteiger partial charge in [0.05, 0.1) is 6.04 Å². The molecule has 1 aromatic carbocycles. The molecular weight excluding hydrogens is 258 g/mol. The maximum Gasteiger partial charge on any atom is 0.407 e. The number of hydrogen-bond acceptors (Lipinski definition) is 1. The van der Waals surface area contributed by atoms with E-state index in [1.807, 2.05) is 24.3 Å². The minimum absolute atomic E-state index is 0.0278. The Hall–Kier alpha value is -1.03. The molecule has 15 heavy (non-hydrogen) atoms. The molecule has 0 spiro atoms. The number of carboxylic acid groups (broad SMARTS) is 1. The third-order valence-electron chi connectivity index (χ3n) is 2.73. The molecule has 0 radical (unpaired) electrons. The Morgan fingerprint density at radius 3 is 3.00 bits per heavy atom. The van der Waals surface area contributed by atoms with Crippen LogP contribution in [0, 0.1) is 0 Å². The maximum atomic E-state index is 11.0. The largest absolute Gasteiger partial charge is 0.465 e. The molecule has 1 unspecified atom stereocenters. The Labute approximate surface area is 96.8 Å². The van der Waals surface area contributed by atoms with Gasteiger partial charge in [0.25, 0.3) is 0 Å². The number of hydrogen-bond donors (Lipinski definition) is 1. The van der Waals surface area contributed by atoms with Crippen LogP contribution in [0.15, 0.2) is 28.7 Å². The predicted molar refractivity (Wildman–Crippen MR) is 60.8 cm³/mol. The van der Waals surface area contributed by atoms with Crippen LogP contribution in [0.4, 0.5) is 4.79 Å². The predicted octanol–water partition coefficient (Wildman–Crippen LogP) is 3.26. The number of likely N-dealkylation sites (tertiary alicyclic amines) is 1. The van der Waals surface area contributed by atoms with Crippen LogP contribution < -0.4 is 0 Å². The highest BCUT2D eigenvalue weighted by Crippen LogP contribution is 2.32. The minimum atomic E-state index is -0.822. The van der Waals surface area contributed by atoms with E-state index < -0.39 is 6.09 Å². The fraction of sp³-hybridized carbons (Fsp3) is 0.364. The number of nitrogens with zero attached hydrogens (tertiary/aromatic N) is 1. The first-order chi connectivity index (χ1) is 7.18. The van der Waals surface area contributed by atoms with E-state index >= 15 is 0 Å². The molecule has 1 aliphatic heterocycles. The summed E-state index contributed by atoms with van der Waals surface area (Å²) in [7, 11) is 0. The van der Waals surface area contributed by atoms with Gasteiger partial charge in [0.1, 0.15) is 0 Å². The van der Waals surface area contributed by atoms with Crippen LogP contribution >= 0.6 is 15.9 Å². The molecule has 0 aliphatic carbocycles. The molecule has 1 N–H and O–H groups in total. The molecule has 3 nitrogen and oxygen atoms in total. The number of carbonyl (C=O) groups is 1. The van der Waals surface area contributed by atoms with E-state index in [2.05, 4.69) is 15.9 Å². The molecule has 1 heterocycles. The van der Waals surface area contributed by atoms with Crippen LogP contribution in [0.25, 0.3) is 0 Å². The molecule has 1 fully saturated rings. The second kappa shape index (κ2) is 4.23. The summed E-state index contributed by atoms with van der Waals surface area (Å²) in [5.41, 5.74) is 1.07. The lowest BCUT2D eigenvalue weighted by Crippen LogP contribution is -2.28. The molecule has 1 saturated heterocycles. The van der Waals surface area contributed by atoms with Crippen molar-refractivity contribution in [1.29, 1.82) is 0 Å². The van der Waals surface area contributed by atoms with E-state index in [-0.39, 0.29) is 6.04 Å². The second-order valence-corrected chi connectivity index (χ2v) is 4.60. The van der Waals surface area contributed by atoms with Gasteiger partial charge in [-0.2, -0.15) is 0 Å². The summed E-state index contributed by atoms with van der Waals surface area (Å²) in [6, 6.07) is 7.89. The van der Waals surface area contributed by atoms with Gasteiger partial charge in [-0.05, 0) is 30.5 Å². The first-order valence-electron chi connectivity index (χ1n) is 4.93. The number of amides is 1. The monoisotopic (exact) mass is 269 g/mol. The van der Waals surface area contributed by atoms with Gasteiger partial charge >= 0.3 is 6.09 Å². The minimum Gasteiger partial charge on any atom is -0.465 e. The average Bonchev–Trinajstić information content (AvgIpc) is 2.65. The van der Waals surface area contributed by atoms with Gasteiger partial charge in [-0.1, -0.05) is 28.1 Å². The molecule has 1 aromatic rings. The Bertz CT molecular complexity index is 381. The van der Waals surface area contributed by atoms with Crippen LogP contribution in [0.5, 0.6) is 0 Å². The molecule has 0 saturated carbocycles. The smallest absolute Gasteiger partial charge is 0.407 e. The standard InChI is InChI=1S/C11H12BrNO2/c12-9-4-1-3-8(7-9)10-5-2-6-13(10)11(14)15/h1,3-4,7,10H,2,5-6H2,(H,14,15). The third kappa shape index (κ3) is 2.15. The van der Waals surface area contributed by atoms with Crippen molar-refractivity contribution in [2.45, 2.75) is 18.9 Å². The van der Waals surface area contributed by atoms with Gasteiger partial charge in [0.15, 0.2) is 0 Å². The first-order valence-corrected chi connectivity index (χ1v) is 5.73. The van der Waals surface area contributed by atoms with Crippen molar-refractivity contribution in [2.75, 3.05) is 6.54 Å². The van der Waals surface area contributed by atoms with Gasteiger partial charge in [-0.15, -0.1) is 0 Å². The number of rotatable bonds is 1. The zero-order valence-corrected chi connectivity index (χ0v) is 9.77. The first kappa shape index (κ1) is 10.5. The fourth-order valence-electron chi connectivity index (χ4n) is 2.06. The SMILES string of the molecule is O=C(O)N1CCCC1c1cccc(Br)c1. The lowest BCUT2D eigenvalue weighted by atomic mass is 10.1. The van der Waals surface area contributed by atoms with Crippen LogP contribution in [0.3, 0.4) is 0 Å². The average molecular weight is 270 g/mol. The van der Waals surface area contributed by atoms with Crippen LogP contribution in [-0.2, 0) is 0 Å². The summed E-state index contributed by atoms with van der Waals surface area (Å²) in [4.78, 5) is 12.5. The lowest BCUT2D eigenvalue weighted by molar-refractivity contribution is 0.140. The second-order valence-electron chi connectivity index (χ2n) is 3.69. The van der Waals surface area contributed by atoms with Crippen molar-refractivity contribution in [3.05, 3.63) is 34.3 Å². The van der Waals surface area contributed by atoms with Crippen molar-refractivity contribution in [3.8, 4) is 0 Å². The van der Waals surface area contributed by atoms with Crippen molar-refractivity contribution in [1.82, 2.24) is 4.90 Å². The summed E-state index contributed by atoms with van der Waals surface area (Å²) in [5.74, 6) is 0. The highest BCUT2D eigenvalue weighted by molar-refractivity contribution is 9.10. The van der Waals surface area contributed by atoms with E-state index in [4.69, 9.17) is 5.11 Å². The number of halogens is 1. The molecule has 1 atom stereocenters. The van der Waals surface area contributed by atoms with E-state index in [0.717, 1.165) is 22.9 Å². The van der Waals surface area contributed by atoms with E-state index in [1.54, 1.807) is 0 Å². The Balaban J connectivity index is 2.26. The van der Waals surface area contributed by atoms with Crippen molar-refractivity contribution in [3.63, 3.8) is 0 Å². The van der Waals surface area contributed by atoms with Gasteiger partial charge < -0.3 is 10.0 Å². The molecule has 0 bridgehead atoms. The Kier molecular flexibility index (Phi) is 2.95. The van der Waals surface area contributed by atoms with Gasteiger partial charge in [-0.25, -0.2) is 4.79 Å². The zero-order valence-electron chi connectivity index (χ0n) is 8.19. The molecule has 1 aliphatic rings. The van der Waals surface area contributed by atoms with E-state index in [1.165, 1.54) is 4.90 Å². The summed E-state index contributed by atoms with van der Waals surface area (Å²) >= 11 is 3.40. The summed E-state index contributed by atoms with van der Waals surface area (Å²) < 4.78 is 0.997. The summed E-state index contributed by atoms with van der Waals surface area (Å²) in [5, 5.41) is 9.03. The summed E-state index contributed by atoms with van der Waals surface area (Å²) in [6.07, 6.45) is 1.05. The van der Waals surface area contributed by atoms with Crippen LogP contribution in [0.2, 0.25) is 0 Å². The van der Waals surface area contributed by atoms with Gasteiger partial charge in [0, 0.05) is 11.0 Å². The zero-order chi connectivity index (χ0) is 10.8. The highest BCUT2D eigenvalue weighted by Gasteiger charge is 2.29. The Morgan fingerprint density at radius 2 is 2.33 bits per heavy atom. The highest BCUT2D eigenvalue weighted by atomic mass is 79.9. The molecule has 80 valence electrons. The van der Waals surface area contributed by atoms with Gasteiger partial charge in [0.2, 0.25) is 0 Å². The van der Waals surface area contributed by atoms with Gasteiger partial charge in [-0.3, -0.25) is 0 Å². The van der Waals surface area contributed by atoms with Crippen LogP contribution in [-0.4, -0.2) is 22.6 Å². The topological polar surface area (TPSA) is 40.5 Å². The third-order valence-corrected chi connectivity index (χ3v) is 3.23. The lowest BCUT2D eigenvalue weighted by Gasteiger charge is -2.21. The molecular formula is C11H12BrNO2. The van der Waals surface area contributed by atoms with Crippen LogP contribution in [0.1, 0.15) is 24.4 Å². The van der Waals surface area contributed by atoms with E-state index in [0.29, 0.717) is 6.54 Å². The van der Waals surface area contributed by atoms with E-state index in [9.17, 15) is 4.79 Å². The summed E-state index contributed by atoms with van der Waals surface area (Å²) in [6.45, 7) is 0.645. The van der Waals surface area contributed by atoms with Crippen molar-refractivity contribution in [2.24, 2.45) is 0 Å². The fourth-order valence-corrected chi connectivity index (χ4v) is 2.47.